The molecule has 0 aliphatic carbocycles. The predicted molar refractivity (Wildman–Crippen MR) is 69.1 cm³/mol. The molecule has 96 valence electrons. The second-order valence-electron chi connectivity index (χ2n) is 3.69. The van der Waals surface area contributed by atoms with Crippen molar-refractivity contribution in [1.29, 1.82) is 0 Å². The van der Waals surface area contributed by atoms with E-state index in [-0.39, 0.29) is 0 Å². The van der Waals surface area contributed by atoms with Crippen LogP contribution in [0.2, 0.25) is 0 Å². The van der Waals surface area contributed by atoms with Crippen LogP contribution in [0, 0.1) is 5.95 Å². The Morgan fingerprint density at radius 1 is 0.941 bits per heavy atom. The molecular weight excluding hydrogens is 219 g/mol. The molecule has 1 rings (SSSR count). The van der Waals surface area contributed by atoms with Gasteiger partial charge in [0.1, 0.15) is 5.82 Å². The first-order valence-electron chi connectivity index (χ1n) is 6.20. The Balaban J connectivity index is 3.08. The molecule has 1 heterocycles. The normalized spacial score (nSPS) is 10.4. The Morgan fingerprint density at radius 3 is 1.94 bits per heavy atom. The minimum atomic E-state index is -0.469. The molecule has 0 radical (unpaired) electrons. The molecule has 0 aliphatic heterocycles. The molecule has 0 atom stereocenters. The van der Waals surface area contributed by atoms with Gasteiger partial charge in [-0.1, -0.05) is 0 Å². The van der Waals surface area contributed by atoms with Crippen LogP contribution in [0.3, 0.4) is 0 Å². The molecule has 0 saturated heterocycles. The highest BCUT2D eigenvalue weighted by Gasteiger charge is 2.12. The van der Waals surface area contributed by atoms with Gasteiger partial charge in [-0.3, -0.25) is 0 Å². The van der Waals surface area contributed by atoms with Gasteiger partial charge in [-0.05, 0) is 27.7 Å². The summed E-state index contributed by atoms with van der Waals surface area (Å²) in [5.74, 6) is 0.658. The summed E-state index contributed by atoms with van der Waals surface area (Å²) in [6.07, 6.45) is 0. The maximum Gasteiger partial charge on any atom is 0.229 e. The van der Waals surface area contributed by atoms with E-state index in [1.165, 1.54) is 6.07 Å². The highest BCUT2D eigenvalue weighted by atomic mass is 19.1. The van der Waals surface area contributed by atoms with Gasteiger partial charge in [0.15, 0.2) is 0 Å². The van der Waals surface area contributed by atoms with Crippen molar-refractivity contribution in [2.24, 2.45) is 0 Å². The van der Waals surface area contributed by atoms with Crippen LogP contribution < -0.4 is 9.80 Å². The lowest BCUT2D eigenvalue weighted by Crippen LogP contribution is -2.28. The quantitative estimate of drug-likeness (QED) is 0.714. The highest BCUT2D eigenvalue weighted by Crippen LogP contribution is 2.16. The summed E-state index contributed by atoms with van der Waals surface area (Å²) in [7, 11) is 0. The largest absolute Gasteiger partial charge is 0.357 e. The van der Waals surface area contributed by atoms with Crippen LogP contribution in [0.1, 0.15) is 27.7 Å². The molecule has 0 spiro atoms. The van der Waals surface area contributed by atoms with Crippen molar-refractivity contribution >= 4 is 11.8 Å². The van der Waals surface area contributed by atoms with Crippen LogP contribution >= 0.6 is 0 Å². The van der Waals surface area contributed by atoms with E-state index in [2.05, 4.69) is 9.97 Å². The molecule has 5 heteroatoms. The van der Waals surface area contributed by atoms with Gasteiger partial charge in [-0.25, -0.2) is 0 Å². The number of nitrogens with zero attached hydrogens (tertiary/aromatic N) is 4. The minimum absolute atomic E-state index is 0.469. The molecule has 0 amide bonds. The van der Waals surface area contributed by atoms with Crippen molar-refractivity contribution < 1.29 is 4.39 Å². The van der Waals surface area contributed by atoms with Gasteiger partial charge in [0.2, 0.25) is 11.9 Å². The smallest absolute Gasteiger partial charge is 0.229 e. The van der Waals surface area contributed by atoms with E-state index in [4.69, 9.17) is 0 Å². The molecule has 0 N–H and O–H groups in total. The van der Waals surface area contributed by atoms with Gasteiger partial charge in [-0.2, -0.15) is 14.4 Å². The van der Waals surface area contributed by atoms with Crippen molar-refractivity contribution in [3.63, 3.8) is 0 Å². The SMILES string of the molecule is CCN(CC)c1cc(F)nc(N(CC)CC)n1. The summed E-state index contributed by atoms with van der Waals surface area (Å²) >= 11 is 0. The lowest BCUT2D eigenvalue weighted by atomic mass is 10.4. The van der Waals surface area contributed by atoms with Crippen molar-refractivity contribution in [2.75, 3.05) is 36.0 Å². The molecule has 0 unspecified atom stereocenters. The van der Waals surface area contributed by atoms with Gasteiger partial charge < -0.3 is 9.80 Å². The van der Waals surface area contributed by atoms with Crippen molar-refractivity contribution in [2.45, 2.75) is 27.7 Å². The van der Waals surface area contributed by atoms with Crippen LogP contribution in [-0.4, -0.2) is 36.1 Å². The second-order valence-corrected chi connectivity index (χ2v) is 3.69. The van der Waals surface area contributed by atoms with Crippen LogP contribution in [0.15, 0.2) is 6.07 Å². The number of aromatic nitrogens is 2. The average molecular weight is 240 g/mol. The van der Waals surface area contributed by atoms with Gasteiger partial charge in [0, 0.05) is 32.2 Å². The van der Waals surface area contributed by atoms with Crippen molar-refractivity contribution in [3.05, 3.63) is 12.0 Å². The van der Waals surface area contributed by atoms with Crippen LogP contribution in [0.4, 0.5) is 16.2 Å². The molecule has 1 aromatic rings. The number of hydrogen-bond acceptors (Lipinski definition) is 4. The third-order valence-electron chi connectivity index (χ3n) is 2.80. The fourth-order valence-electron chi connectivity index (χ4n) is 1.75. The monoisotopic (exact) mass is 240 g/mol. The first-order chi connectivity index (χ1) is 8.15. The molecule has 0 aromatic carbocycles. The molecule has 0 saturated carbocycles. The first kappa shape index (κ1) is 13.7. The van der Waals surface area contributed by atoms with E-state index in [0.717, 1.165) is 26.2 Å². The Hall–Kier alpha value is -1.39. The zero-order valence-electron chi connectivity index (χ0n) is 11.1. The van der Waals surface area contributed by atoms with Gasteiger partial charge in [-0.15, -0.1) is 0 Å². The van der Waals surface area contributed by atoms with Crippen LogP contribution in [0.25, 0.3) is 0 Å². The van der Waals surface area contributed by atoms with Crippen LogP contribution in [0.5, 0.6) is 0 Å². The highest BCUT2D eigenvalue weighted by molar-refractivity contribution is 5.43. The topological polar surface area (TPSA) is 32.3 Å². The summed E-state index contributed by atoms with van der Waals surface area (Å²) in [6, 6.07) is 1.39. The van der Waals surface area contributed by atoms with E-state index in [1.807, 2.05) is 37.5 Å². The lowest BCUT2D eigenvalue weighted by molar-refractivity contribution is 0.575. The summed E-state index contributed by atoms with van der Waals surface area (Å²) in [5.41, 5.74) is 0. The van der Waals surface area contributed by atoms with E-state index in [1.54, 1.807) is 0 Å². The molecule has 0 fully saturated rings. The molecule has 17 heavy (non-hydrogen) atoms. The van der Waals surface area contributed by atoms with E-state index < -0.39 is 5.95 Å². The molecule has 0 aliphatic rings. The van der Waals surface area contributed by atoms with E-state index in [0.29, 0.717) is 11.8 Å². The standard InChI is InChI=1S/C12H21FN4/c1-5-16(6-2)11-9-10(13)14-12(15-11)17(7-3)8-4/h9H,5-8H2,1-4H3. The summed E-state index contributed by atoms with van der Waals surface area (Å²) in [5, 5.41) is 0. The second kappa shape index (κ2) is 6.37. The van der Waals surface area contributed by atoms with Gasteiger partial charge in [0.05, 0.1) is 0 Å². The lowest BCUT2D eigenvalue weighted by Gasteiger charge is -2.23. The van der Waals surface area contributed by atoms with Gasteiger partial charge in [0.25, 0.3) is 0 Å². The Morgan fingerprint density at radius 2 is 1.47 bits per heavy atom. The fraction of sp³-hybridized carbons (Fsp3) is 0.667. The molecular formula is C12H21FN4. The summed E-state index contributed by atoms with van der Waals surface area (Å²) in [4.78, 5) is 12.2. The van der Waals surface area contributed by atoms with Crippen molar-refractivity contribution in [1.82, 2.24) is 9.97 Å². The number of rotatable bonds is 6. The first-order valence-corrected chi connectivity index (χ1v) is 6.20. The average Bonchev–Trinajstić information content (AvgIpc) is 2.31. The maximum atomic E-state index is 13.5. The van der Waals surface area contributed by atoms with Crippen molar-refractivity contribution in [3.8, 4) is 0 Å². The zero-order valence-corrected chi connectivity index (χ0v) is 11.1. The number of hydrogen-bond donors (Lipinski definition) is 0. The molecule has 0 bridgehead atoms. The maximum absolute atomic E-state index is 13.5. The number of anilines is 2. The fourth-order valence-corrected chi connectivity index (χ4v) is 1.75. The summed E-state index contributed by atoms with van der Waals surface area (Å²) < 4.78 is 13.5. The molecule has 4 nitrogen and oxygen atoms in total. The van der Waals surface area contributed by atoms with E-state index >= 15 is 0 Å². The third-order valence-corrected chi connectivity index (χ3v) is 2.80. The Labute approximate surface area is 102 Å². The Kier molecular flexibility index (Phi) is 5.12. The van der Waals surface area contributed by atoms with E-state index in [9.17, 15) is 4.39 Å². The van der Waals surface area contributed by atoms with Gasteiger partial charge >= 0.3 is 0 Å². The molecule has 1 aromatic heterocycles. The Bertz CT molecular complexity index is 318. The van der Waals surface area contributed by atoms with Crippen LogP contribution in [-0.2, 0) is 0 Å². The minimum Gasteiger partial charge on any atom is -0.357 e. The summed E-state index contributed by atoms with van der Waals surface area (Å²) in [6.45, 7) is 11.2. The predicted octanol–water partition coefficient (Wildman–Crippen LogP) is 2.31. The zero-order chi connectivity index (χ0) is 12.8. The number of halogens is 1. The third kappa shape index (κ3) is 3.28.